The minimum atomic E-state index is -4.15. The van der Waals surface area contributed by atoms with Crippen molar-refractivity contribution >= 4 is 33.1 Å². The number of anilines is 2. The van der Waals surface area contributed by atoms with E-state index in [2.05, 4.69) is 15.4 Å². The van der Waals surface area contributed by atoms with Gasteiger partial charge in [0, 0.05) is 23.5 Å². The molecule has 142 valence electrons. The molecule has 0 aromatic heterocycles. The molecule has 1 saturated carbocycles. The molecule has 3 N–H and O–H groups in total. The van der Waals surface area contributed by atoms with Crippen molar-refractivity contribution in [2.75, 3.05) is 10.0 Å². The zero-order chi connectivity index (χ0) is 19.6. The smallest absolute Gasteiger partial charge is 0.319 e. The molecule has 0 radical (unpaired) electrons. The number of urea groups is 1. The molecule has 10 heteroatoms. The van der Waals surface area contributed by atoms with Crippen molar-refractivity contribution in [3.63, 3.8) is 0 Å². The molecule has 2 aromatic carbocycles. The van der Waals surface area contributed by atoms with Crippen LogP contribution in [0.3, 0.4) is 0 Å². The Bertz CT molecular complexity index is 985. The molecule has 0 atom stereocenters. The molecule has 1 aliphatic rings. The fraction of sp³-hybridized carbons (Fsp3) is 0.235. The van der Waals surface area contributed by atoms with E-state index in [4.69, 9.17) is 0 Å². The van der Waals surface area contributed by atoms with Crippen molar-refractivity contribution in [1.82, 2.24) is 5.32 Å². The number of nitrogens with one attached hydrogen (secondary N) is 3. The zero-order valence-electron chi connectivity index (χ0n) is 14.4. The molecule has 27 heavy (non-hydrogen) atoms. The van der Waals surface area contributed by atoms with Crippen molar-refractivity contribution in [3.05, 3.63) is 58.1 Å². The Hall–Kier alpha value is -3.14. The van der Waals surface area contributed by atoms with Crippen LogP contribution >= 0.6 is 0 Å². The summed E-state index contributed by atoms with van der Waals surface area (Å²) in [6, 6.07) is 9.98. The fourth-order valence-electron chi connectivity index (χ4n) is 2.54. The maximum absolute atomic E-state index is 12.6. The Morgan fingerprint density at radius 1 is 1.11 bits per heavy atom. The third-order valence-electron chi connectivity index (χ3n) is 3.96. The molecule has 2 amide bonds. The van der Waals surface area contributed by atoms with Crippen molar-refractivity contribution in [2.45, 2.75) is 30.7 Å². The van der Waals surface area contributed by atoms with E-state index in [1.807, 2.05) is 0 Å². The molecule has 2 aromatic rings. The second-order valence-corrected chi connectivity index (χ2v) is 7.86. The van der Waals surface area contributed by atoms with Crippen LogP contribution in [0.2, 0.25) is 0 Å². The SMILES string of the molecule is Cc1cccc([N+](=O)[O-])c1S(=O)(=O)Nc1ccc(NC(=O)NC2CC2)cc1. The Kier molecular flexibility index (Phi) is 5.00. The van der Waals surface area contributed by atoms with E-state index < -0.39 is 20.6 Å². The summed E-state index contributed by atoms with van der Waals surface area (Å²) in [6.45, 7) is 1.49. The lowest BCUT2D eigenvalue weighted by atomic mass is 10.2. The number of nitro groups is 1. The molecule has 1 aliphatic carbocycles. The molecule has 1 fully saturated rings. The summed E-state index contributed by atoms with van der Waals surface area (Å²) in [7, 11) is -4.15. The first-order chi connectivity index (χ1) is 12.8. The first kappa shape index (κ1) is 18.6. The monoisotopic (exact) mass is 390 g/mol. The minimum Gasteiger partial charge on any atom is -0.335 e. The third kappa shape index (κ3) is 4.53. The van der Waals surface area contributed by atoms with E-state index in [0.29, 0.717) is 5.69 Å². The van der Waals surface area contributed by atoms with Crippen molar-refractivity contribution in [3.8, 4) is 0 Å². The molecule has 0 aliphatic heterocycles. The fourth-order valence-corrected chi connectivity index (χ4v) is 4.00. The predicted molar refractivity (Wildman–Crippen MR) is 100 cm³/mol. The minimum absolute atomic E-state index is 0.223. The van der Waals surface area contributed by atoms with Crippen LogP contribution < -0.4 is 15.4 Å². The lowest BCUT2D eigenvalue weighted by Gasteiger charge is -2.11. The van der Waals surface area contributed by atoms with Gasteiger partial charge in [0.25, 0.3) is 15.7 Å². The number of hydrogen-bond donors (Lipinski definition) is 3. The van der Waals surface area contributed by atoms with E-state index in [1.165, 1.54) is 43.3 Å². The van der Waals surface area contributed by atoms with Gasteiger partial charge < -0.3 is 10.6 Å². The van der Waals surface area contributed by atoms with Crippen LogP contribution in [0.15, 0.2) is 47.4 Å². The third-order valence-corrected chi connectivity index (χ3v) is 5.54. The number of hydrogen-bond acceptors (Lipinski definition) is 5. The number of amides is 2. The van der Waals surface area contributed by atoms with Crippen LogP contribution in [0.1, 0.15) is 18.4 Å². The highest BCUT2D eigenvalue weighted by Crippen LogP contribution is 2.29. The molecule has 0 saturated heterocycles. The average Bonchev–Trinajstić information content (AvgIpc) is 3.39. The Morgan fingerprint density at radius 2 is 1.74 bits per heavy atom. The van der Waals surface area contributed by atoms with Crippen LogP contribution in [0, 0.1) is 17.0 Å². The van der Waals surface area contributed by atoms with E-state index >= 15 is 0 Å². The van der Waals surface area contributed by atoms with Gasteiger partial charge in [-0.05, 0) is 49.6 Å². The molecular weight excluding hydrogens is 372 g/mol. The molecule has 0 bridgehead atoms. The number of benzene rings is 2. The van der Waals surface area contributed by atoms with E-state index in [0.717, 1.165) is 18.9 Å². The highest BCUT2D eigenvalue weighted by molar-refractivity contribution is 7.93. The summed E-state index contributed by atoms with van der Waals surface area (Å²) in [5.74, 6) is 0. The molecule has 0 unspecified atom stereocenters. The van der Waals surface area contributed by atoms with Gasteiger partial charge in [-0.1, -0.05) is 12.1 Å². The maximum atomic E-state index is 12.6. The zero-order valence-corrected chi connectivity index (χ0v) is 15.2. The Morgan fingerprint density at radius 3 is 2.33 bits per heavy atom. The quantitative estimate of drug-likeness (QED) is 0.515. The highest BCUT2D eigenvalue weighted by Gasteiger charge is 2.28. The molecule has 0 spiro atoms. The van der Waals surface area contributed by atoms with E-state index in [9.17, 15) is 23.3 Å². The topological polar surface area (TPSA) is 130 Å². The number of nitrogens with zero attached hydrogens (tertiary/aromatic N) is 1. The van der Waals surface area contributed by atoms with E-state index in [1.54, 1.807) is 0 Å². The Labute approximate surface area is 156 Å². The van der Waals surface area contributed by atoms with E-state index in [-0.39, 0.29) is 28.2 Å². The second kappa shape index (κ2) is 7.23. The molecule has 9 nitrogen and oxygen atoms in total. The van der Waals surface area contributed by atoms with Crippen LogP contribution in [0.5, 0.6) is 0 Å². The van der Waals surface area contributed by atoms with Crippen LogP contribution in [-0.2, 0) is 10.0 Å². The van der Waals surface area contributed by atoms with Gasteiger partial charge in [0.2, 0.25) is 0 Å². The summed E-state index contributed by atoms with van der Waals surface area (Å²) in [6.07, 6.45) is 1.94. The summed E-state index contributed by atoms with van der Waals surface area (Å²) < 4.78 is 27.6. The van der Waals surface area contributed by atoms with Gasteiger partial charge in [0.1, 0.15) is 0 Å². The normalized spacial score (nSPS) is 13.7. The molecule has 3 rings (SSSR count). The lowest BCUT2D eigenvalue weighted by molar-refractivity contribution is -0.387. The molecular formula is C17H18N4O5S. The number of carbonyl (C=O) groups is 1. The van der Waals surface area contributed by atoms with Crippen molar-refractivity contribution < 1.29 is 18.1 Å². The number of nitro benzene ring substituents is 1. The predicted octanol–water partition coefficient (Wildman–Crippen LogP) is 2.99. The van der Waals surface area contributed by atoms with Gasteiger partial charge >= 0.3 is 6.03 Å². The van der Waals surface area contributed by atoms with Gasteiger partial charge in [0.05, 0.1) is 4.92 Å². The van der Waals surface area contributed by atoms with Crippen LogP contribution in [-0.4, -0.2) is 25.4 Å². The summed E-state index contributed by atoms with van der Waals surface area (Å²) in [4.78, 5) is 21.8. The summed E-state index contributed by atoms with van der Waals surface area (Å²) in [5.41, 5.74) is 0.503. The second-order valence-electron chi connectivity index (χ2n) is 6.24. The largest absolute Gasteiger partial charge is 0.335 e. The van der Waals surface area contributed by atoms with Crippen molar-refractivity contribution in [2.24, 2.45) is 0 Å². The molecule has 0 heterocycles. The average molecular weight is 390 g/mol. The number of aryl methyl sites for hydroxylation is 1. The van der Waals surface area contributed by atoms with Gasteiger partial charge in [-0.3, -0.25) is 14.8 Å². The van der Waals surface area contributed by atoms with Crippen LogP contribution in [0.4, 0.5) is 21.9 Å². The number of rotatable bonds is 6. The van der Waals surface area contributed by atoms with Gasteiger partial charge in [-0.15, -0.1) is 0 Å². The summed E-state index contributed by atoms with van der Waals surface area (Å²) >= 11 is 0. The van der Waals surface area contributed by atoms with Gasteiger partial charge in [-0.2, -0.15) is 0 Å². The number of carbonyl (C=O) groups excluding carboxylic acids is 1. The number of sulfonamides is 1. The lowest BCUT2D eigenvalue weighted by Crippen LogP contribution is -2.30. The standard InChI is InChI=1S/C17H18N4O5S/c1-11-3-2-4-15(21(23)24)16(11)27(25,26)20-14-9-7-13(8-10-14)19-17(22)18-12-5-6-12/h2-4,7-10,12,20H,5-6H2,1H3,(H2,18,19,22). The van der Waals surface area contributed by atoms with Gasteiger partial charge in [-0.25, -0.2) is 13.2 Å². The van der Waals surface area contributed by atoms with Crippen LogP contribution in [0.25, 0.3) is 0 Å². The summed E-state index contributed by atoms with van der Waals surface area (Å²) in [5, 5.41) is 16.6. The first-order valence-electron chi connectivity index (χ1n) is 8.21. The van der Waals surface area contributed by atoms with Gasteiger partial charge in [0.15, 0.2) is 4.90 Å². The highest BCUT2D eigenvalue weighted by atomic mass is 32.2. The Balaban J connectivity index is 1.76. The van der Waals surface area contributed by atoms with Crippen molar-refractivity contribution in [1.29, 1.82) is 0 Å². The maximum Gasteiger partial charge on any atom is 0.319 e. The first-order valence-corrected chi connectivity index (χ1v) is 9.69.